The lowest BCUT2D eigenvalue weighted by atomic mass is 10.2. The third-order valence-corrected chi connectivity index (χ3v) is 5.09. The first-order valence-corrected chi connectivity index (χ1v) is 10.6. The molecular formula is C25H24N2O6. The second-order valence-electron chi connectivity index (χ2n) is 7.62. The van der Waals surface area contributed by atoms with Gasteiger partial charge in [-0.2, -0.15) is 0 Å². The first-order valence-electron chi connectivity index (χ1n) is 10.6. The number of ether oxygens (including phenoxy) is 2. The maximum absolute atomic E-state index is 11.5. The fourth-order valence-electron chi connectivity index (χ4n) is 3.53. The molecule has 0 aliphatic rings. The Hall–Kier alpha value is -4.07. The monoisotopic (exact) mass is 448 g/mol. The number of rotatable bonds is 10. The Kier molecular flexibility index (Phi) is 6.44. The highest BCUT2D eigenvalue weighted by molar-refractivity contribution is 5.92. The molecule has 0 amide bonds. The van der Waals surface area contributed by atoms with Crippen molar-refractivity contribution in [2.45, 2.75) is 26.8 Å². The van der Waals surface area contributed by atoms with Crippen LogP contribution in [-0.4, -0.2) is 39.6 Å². The molecule has 0 saturated heterocycles. The van der Waals surface area contributed by atoms with Crippen molar-refractivity contribution in [3.63, 3.8) is 0 Å². The van der Waals surface area contributed by atoms with Crippen LogP contribution >= 0.6 is 0 Å². The number of hydrogen-bond donors (Lipinski definition) is 1. The molecular weight excluding hydrogens is 424 g/mol. The zero-order valence-corrected chi connectivity index (χ0v) is 18.4. The zero-order chi connectivity index (χ0) is 23.4. The largest absolute Gasteiger partial charge is 0.493 e. The summed E-state index contributed by atoms with van der Waals surface area (Å²) in [6.07, 6.45) is 2.45. The fourth-order valence-corrected chi connectivity index (χ4v) is 3.53. The maximum Gasteiger partial charge on any atom is 0.323 e. The molecule has 0 bridgehead atoms. The lowest BCUT2D eigenvalue weighted by molar-refractivity contribution is -0.137. The van der Waals surface area contributed by atoms with E-state index in [0.717, 1.165) is 28.0 Å². The van der Waals surface area contributed by atoms with Crippen molar-refractivity contribution < 1.29 is 28.6 Å². The van der Waals surface area contributed by atoms with Gasteiger partial charge in [0.1, 0.15) is 18.0 Å². The van der Waals surface area contributed by atoms with Gasteiger partial charge in [-0.1, -0.05) is 0 Å². The second-order valence-corrected chi connectivity index (χ2v) is 7.62. The number of benzene rings is 2. The minimum absolute atomic E-state index is 0.0703. The van der Waals surface area contributed by atoms with Crippen LogP contribution in [0.1, 0.15) is 29.6 Å². The van der Waals surface area contributed by atoms with E-state index in [4.69, 9.17) is 19.0 Å². The molecule has 8 nitrogen and oxygen atoms in total. The SMILES string of the molecule is CC(=O)c1oc(-c2ccc(OCCCOc3ccc4c(ccn4CC(=O)O)c3)cc2)nc1C. The molecule has 0 fully saturated rings. The fraction of sp³-hybridized carbons (Fsp3) is 0.240. The molecule has 2 aromatic carbocycles. The van der Waals surface area contributed by atoms with Crippen molar-refractivity contribution in [2.75, 3.05) is 13.2 Å². The summed E-state index contributed by atoms with van der Waals surface area (Å²) in [5.41, 5.74) is 2.21. The summed E-state index contributed by atoms with van der Waals surface area (Å²) < 4.78 is 18.8. The predicted octanol–water partition coefficient (Wildman–Crippen LogP) is 4.74. The van der Waals surface area contributed by atoms with E-state index in [-0.39, 0.29) is 18.1 Å². The molecule has 0 atom stereocenters. The molecule has 4 aromatic rings. The summed E-state index contributed by atoms with van der Waals surface area (Å²) in [6.45, 7) is 4.11. The Morgan fingerprint density at radius 2 is 1.73 bits per heavy atom. The van der Waals surface area contributed by atoms with Gasteiger partial charge in [0.05, 0.1) is 18.9 Å². The van der Waals surface area contributed by atoms with Crippen LogP contribution < -0.4 is 9.47 Å². The normalized spacial score (nSPS) is 11.0. The van der Waals surface area contributed by atoms with E-state index in [0.29, 0.717) is 31.2 Å². The number of aryl methyl sites for hydroxylation is 1. The van der Waals surface area contributed by atoms with Crippen LogP contribution in [0.15, 0.2) is 59.1 Å². The Labute approximate surface area is 190 Å². The van der Waals surface area contributed by atoms with Crippen LogP contribution in [-0.2, 0) is 11.3 Å². The number of nitrogens with zero attached hydrogens (tertiary/aromatic N) is 2. The molecule has 170 valence electrons. The minimum Gasteiger partial charge on any atom is -0.493 e. The number of ketones is 1. The van der Waals surface area contributed by atoms with Gasteiger partial charge in [0.25, 0.3) is 0 Å². The van der Waals surface area contributed by atoms with Crippen LogP contribution in [0.4, 0.5) is 0 Å². The molecule has 4 rings (SSSR count). The number of oxazole rings is 1. The highest BCUT2D eigenvalue weighted by Gasteiger charge is 2.14. The lowest BCUT2D eigenvalue weighted by Crippen LogP contribution is -2.07. The van der Waals surface area contributed by atoms with E-state index in [1.807, 2.05) is 48.5 Å². The molecule has 0 saturated carbocycles. The molecule has 33 heavy (non-hydrogen) atoms. The molecule has 0 aliphatic heterocycles. The lowest BCUT2D eigenvalue weighted by Gasteiger charge is -2.09. The van der Waals surface area contributed by atoms with Crippen molar-refractivity contribution in [1.29, 1.82) is 0 Å². The summed E-state index contributed by atoms with van der Waals surface area (Å²) in [5.74, 6) is 1.11. The first kappa shape index (κ1) is 22.1. The number of aliphatic carboxylic acids is 1. The van der Waals surface area contributed by atoms with Gasteiger partial charge in [-0.3, -0.25) is 9.59 Å². The molecule has 0 unspecified atom stereocenters. The number of carbonyl (C=O) groups is 2. The number of aromatic nitrogens is 2. The van der Waals surface area contributed by atoms with Gasteiger partial charge in [0, 0.05) is 36.0 Å². The average Bonchev–Trinajstić information content (AvgIpc) is 3.37. The molecule has 0 aliphatic carbocycles. The maximum atomic E-state index is 11.5. The van der Waals surface area contributed by atoms with Crippen molar-refractivity contribution in [1.82, 2.24) is 9.55 Å². The third kappa shape index (κ3) is 5.23. The van der Waals surface area contributed by atoms with E-state index in [9.17, 15) is 9.59 Å². The van der Waals surface area contributed by atoms with Gasteiger partial charge in [0.2, 0.25) is 5.89 Å². The van der Waals surface area contributed by atoms with Gasteiger partial charge in [-0.15, -0.1) is 0 Å². The summed E-state index contributed by atoms with van der Waals surface area (Å²) in [6, 6.07) is 14.8. The zero-order valence-electron chi connectivity index (χ0n) is 18.4. The van der Waals surface area contributed by atoms with Crippen LogP contribution in [0.3, 0.4) is 0 Å². The predicted molar refractivity (Wildman–Crippen MR) is 122 cm³/mol. The van der Waals surface area contributed by atoms with Gasteiger partial charge >= 0.3 is 5.97 Å². The Balaban J connectivity index is 1.25. The van der Waals surface area contributed by atoms with Gasteiger partial charge < -0.3 is 23.6 Å². The molecule has 8 heteroatoms. The second kappa shape index (κ2) is 9.60. The summed E-state index contributed by atoms with van der Waals surface area (Å²) in [4.78, 5) is 26.8. The standard InChI is InChI=1S/C25H24N2O6/c1-16-24(17(2)28)33-25(26-16)18-4-6-20(7-5-18)31-12-3-13-32-21-8-9-22-19(14-21)10-11-27(22)15-23(29)30/h4-11,14H,3,12-13,15H2,1-2H3,(H,29,30). The first-order chi connectivity index (χ1) is 15.9. The molecule has 0 radical (unpaired) electrons. The minimum atomic E-state index is -0.877. The van der Waals surface area contributed by atoms with Crippen molar-refractivity contribution in [3.8, 4) is 23.0 Å². The van der Waals surface area contributed by atoms with E-state index in [1.165, 1.54) is 6.92 Å². The number of fused-ring (bicyclic) bond motifs is 1. The van der Waals surface area contributed by atoms with Crippen molar-refractivity contribution >= 4 is 22.7 Å². The Bertz CT molecular complexity index is 1290. The van der Waals surface area contributed by atoms with Crippen LogP contribution in [0.5, 0.6) is 11.5 Å². The topological polar surface area (TPSA) is 104 Å². The van der Waals surface area contributed by atoms with Gasteiger partial charge in [0.15, 0.2) is 11.5 Å². The molecule has 0 spiro atoms. The molecule has 2 heterocycles. The number of Topliss-reactive ketones (excluding diaryl/α,β-unsaturated/α-hetero) is 1. The quantitative estimate of drug-likeness (QED) is 0.276. The van der Waals surface area contributed by atoms with Gasteiger partial charge in [-0.25, -0.2) is 4.98 Å². The number of carboxylic acid groups (broad SMARTS) is 1. The Morgan fingerprint density at radius 3 is 2.39 bits per heavy atom. The Morgan fingerprint density at radius 1 is 1.03 bits per heavy atom. The van der Waals surface area contributed by atoms with Crippen molar-refractivity contribution in [2.24, 2.45) is 0 Å². The smallest absolute Gasteiger partial charge is 0.323 e. The van der Waals surface area contributed by atoms with Crippen LogP contribution in [0, 0.1) is 6.92 Å². The van der Waals surface area contributed by atoms with Crippen LogP contribution in [0.2, 0.25) is 0 Å². The van der Waals surface area contributed by atoms with E-state index < -0.39 is 5.97 Å². The average molecular weight is 448 g/mol. The van der Waals surface area contributed by atoms with E-state index in [1.54, 1.807) is 17.7 Å². The number of hydrogen-bond acceptors (Lipinski definition) is 6. The van der Waals surface area contributed by atoms with E-state index in [2.05, 4.69) is 4.98 Å². The number of carboxylic acids is 1. The number of carbonyl (C=O) groups excluding carboxylic acids is 1. The summed E-state index contributed by atoms with van der Waals surface area (Å²) in [7, 11) is 0. The third-order valence-electron chi connectivity index (χ3n) is 5.09. The molecule has 2 aromatic heterocycles. The summed E-state index contributed by atoms with van der Waals surface area (Å²) >= 11 is 0. The van der Waals surface area contributed by atoms with E-state index >= 15 is 0 Å². The molecule has 1 N–H and O–H groups in total. The highest BCUT2D eigenvalue weighted by atomic mass is 16.5. The highest BCUT2D eigenvalue weighted by Crippen LogP contribution is 2.25. The van der Waals surface area contributed by atoms with Crippen molar-refractivity contribution in [3.05, 3.63) is 66.2 Å². The van der Waals surface area contributed by atoms with Crippen LogP contribution in [0.25, 0.3) is 22.4 Å². The summed E-state index contributed by atoms with van der Waals surface area (Å²) in [5, 5.41) is 9.90. The van der Waals surface area contributed by atoms with Gasteiger partial charge in [-0.05, 0) is 55.5 Å².